The third kappa shape index (κ3) is 4.97. The summed E-state index contributed by atoms with van der Waals surface area (Å²) in [5, 5.41) is 11.7. The van der Waals surface area contributed by atoms with E-state index >= 15 is 0 Å². The van der Waals surface area contributed by atoms with Crippen molar-refractivity contribution in [2.75, 3.05) is 5.32 Å². The lowest BCUT2D eigenvalue weighted by atomic mass is 10.1. The van der Waals surface area contributed by atoms with Gasteiger partial charge in [-0.05, 0) is 35.9 Å². The van der Waals surface area contributed by atoms with Crippen LogP contribution in [-0.2, 0) is 13.0 Å². The van der Waals surface area contributed by atoms with Crippen LogP contribution in [0.4, 0.5) is 10.6 Å². The van der Waals surface area contributed by atoms with Gasteiger partial charge in [-0.1, -0.05) is 48.0 Å². The Morgan fingerprint density at radius 3 is 2.65 bits per heavy atom. The van der Waals surface area contributed by atoms with Crippen LogP contribution in [0.5, 0.6) is 5.75 Å². The summed E-state index contributed by atoms with van der Waals surface area (Å²) >= 11 is 6.13. The molecule has 3 aromatic rings. The number of carbonyl (C=O) groups is 1. The standard InChI is InChI=1S/C20H17ClN2O3/c21-16-9-10-18(26-13-14-5-2-1-3-6-14)15(11-16)12-17-7-4-8-19(22-17)23-20(24)25/h1-11H,12-13H2,(H,22,23)(H,24,25). The zero-order valence-corrected chi connectivity index (χ0v) is 14.6. The fraction of sp³-hybridized carbons (Fsp3) is 0.100. The molecule has 0 saturated carbocycles. The van der Waals surface area contributed by atoms with Crippen LogP contribution in [0.15, 0.2) is 66.7 Å². The Labute approximate surface area is 156 Å². The largest absolute Gasteiger partial charge is 0.489 e. The Balaban J connectivity index is 1.78. The molecule has 2 N–H and O–H groups in total. The van der Waals surface area contributed by atoms with E-state index in [0.717, 1.165) is 16.9 Å². The van der Waals surface area contributed by atoms with Crippen LogP contribution >= 0.6 is 11.6 Å². The third-order valence-corrected chi connectivity index (χ3v) is 3.91. The molecule has 0 unspecified atom stereocenters. The number of hydrogen-bond acceptors (Lipinski definition) is 3. The number of halogens is 1. The molecule has 2 aromatic carbocycles. The van der Waals surface area contributed by atoms with Crippen molar-refractivity contribution in [3.63, 3.8) is 0 Å². The zero-order valence-electron chi connectivity index (χ0n) is 13.9. The van der Waals surface area contributed by atoms with Gasteiger partial charge in [0.1, 0.15) is 18.2 Å². The van der Waals surface area contributed by atoms with Crippen molar-refractivity contribution >= 4 is 23.5 Å². The highest BCUT2D eigenvalue weighted by molar-refractivity contribution is 6.30. The van der Waals surface area contributed by atoms with E-state index in [0.29, 0.717) is 23.7 Å². The summed E-state index contributed by atoms with van der Waals surface area (Å²) in [5.41, 5.74) is 2.66. The van der Waals surface area contributed by atoms with Gasteiger partial charge in [-0.15, -0.1) is 0 Å². The highest BCUT2D eigenvalue weighted by atomic mass is 35.5. The van der Waals surface area contributed by atoms with Crippen molar-refractivity contribution in [2.24, 2.45) is 0 Å². The summed E-state index contributed by atoms with van der Waals surface area (Å²) in [6.45, 7) is 0.448. The average molecular weight is 369 g/mol. The number of nitrogens with one attached hydrogen (secondary N) is 1. The predicted octanol–water partition coefficient (Wildman–Crippen LogP) is 4.99. The van der Waals surface area contributed by atoms with Gasteiger partial charge < -0.3 is 9.84 Å². The molecule has 0 atom stereocenters. The van der Waals surface area contributed by atoms with E-state index in [-0.39, 0.29) is 5.82 Å². The highest BCUT2D eigenvalue weighted by Crippen LogP contribution is 2.26. The normalized spacial score (nSPS) is 10.3. The van der Waals surface area contributed by atoms with Crippen molar-refractivity contribution < 1.29 is 14.6 Å². The van der Waals surface area contributed by atoms with Crippen LogP contribution < -0.4 is 10.1 Å². The molecule has 5 nitrogen and oxygen atoms in total. The molecule has 1 aromatic heterocycles. The SMILES string of the molecule is O=C(O)Nc1cccc(Cc2cc(Cl)ccc2OCc2ccccc2)n1. The quantitative estimate of drug-likeness (QED) is 0.642. The summed E-state index contributed by atoms with van der Waals surface area (Å²) < 4.78 is 5.95. The minimum Gasteiger partial charge on any atom is -0.489 e. The molecule has 0 aliphatic carbocycles. The fourth-order valence-electron chi connectivity index (χ4n) is 2.51. The van der Waals surface area contributed by atoms with Gasteiger partial charge >= 0.3 is 6.09 Å². The highest BCUT2D eigenvalue weighted by Gasteiger charge is 2.09. The molecule has 3 rings (SSSR count). The van der Waals surface area contributed by atoms with E-state index in [4.69, 9.17) is 21.4 Å². The summed E-state index contributed by atoms with van der Waals surface area (Å²) in [6, 6.07) is 20.5. The Kier molecular flexibility index (Phi) is 5.71. The van der Waals surface area contributed by atoms with Crippen molar-refractivity contribution in [2.45, 2.75) is 13.0 Å². The second kappa shape index (κ2) is 8.36. The Morgan fingerprint density at radius 1 is 1.08 bits per heavy atom. The molecule has 0 spiro atoms. The minimum absolute atomic E-state index is 0.281. The van der Waals surface area contributed by atoms with E-state index in [1.807, 2.05) is 48.5 Å². The first kappa shape index (κ1) is 17.8. The molecule has 132 valence electrons. The Morgan fingerprint density at radius 2 is 1.88 bits per heavy atom. The van der Waals surface area contributed by atoms with Gasteiger partial charge in [0.2, 0.25) is 0 Å². The van der Waals surface area contributed by atoms with Crippen molar-refractivity contribution in [3.05, 3.63) is 88.6 Å². The second-order valence-corrected chi connectivity index (χ2v) is 6.08. The lowest BCUT2D eigenvalue weighted by molar-refractivity contribution is 0.209. The third-order valence-electron chi connectivity index (χ3n) is 3.67. The number of aromatic nitrogens is 1. The molecule has 6 heteroatoms. The zero-order chi connectivity index (χ0) is 18.4. The van der Waals surface area contributed by atoms with E-state index < -0.39 is 6.09 Å². The van der Waals surface area contributed by atoms with E-state index in [1.54, 1.807) is 18.2 Å². The van der Waals surface area contributed by atoms with Gasteiger partial charge in [0, 0.05) is 22.7 Å². The van der Waals surface area contributed by atoms with Crippen LogP contribution in [0.1, 0.15) is 16.8 Å². The monoisotopic (exact) mass is 368 g/mol. The van der Waals surface area contributed by atoms with E-state index in [9.17, 15) is 4.79 Å². The van der Waals surface area contributed by atoms with Crippen LogP contribution in [0, 0.1) is 0 Å². The van der Waals surface area contributed by atoms with Crippen molar-refractivity contribution in [1.29, 1.82) is 0 Å². The lowest BCUT2D eigenvalue weighted by Gasteiger charge is -2.12. The maximum atomic E-state index is 10.8. The summed E-state index contributed by atoms with van der Waals surface area (Å²) in [6.07, 6.45) is -0.677. The number of benzene rings is 2. The van der Waals surface area contributed by atoms with Gasteiger partial charge in [-0.3, -0.25) is 5.32 Å². The molecule has 1 amide bonds. The number of nitrogens with zero attached hydrogens (tertiary/aromatic N) is 1. The van der Waals surface area contributed by atoms with Gasteiger partial charge in [0.05, 0.1) is 0 Å². The van der Waals surface area contributed by atoms with Gasteiger partial charge in [-0.25, -0.2) is 9.78 Å². The first-order valence-electron chi connectivity index (χ1n) is 8.01. The van der Waals surface area contributed by atoms with Crippen LogP contribution in [0.2, 0.25) is 5.02 Å². The minimum atomic E-state index is -1.15. The molecule has 0 bridgehead atoms. The smallest absolute Gasteiger partial charge is 0.410 e. The summed E-state index contributed by atoms with van der Waals surface area (Å²) in [5.74, 6) is 1.00. The first-order chi connectivity index (χ1) is 12.6. The predicted molar refractivity (Wildman–Crippen MR) is 101 cm³/mol. The van der Waals surface area contributed by atoms with Crippen LogP contribution in [0.3, 0.4) is 0 Å². The lowest BCUT2D eigenvalue weighted by Crippen LogP contribution is -2.09. The van der Waals surface area contributed by atoms with Crippen LogP contribution in [0.25, 0.3) is 0 Å². The first-order valence-corrected chi connectivity index (χ1v) is 8.39. The Hall–Kier alpha value is -3.05. The number of anilines is 1. The van der Waals surface area contributed by atoms with Gasteiger partial charge in [0.25, 0.3) is 0 Å². The molecule has 26 heavy (non-hydrogen) atoms. The van der Waals surface area contributed by atoms with Gasteiger partial charge in [-0.2, -0.15) is 0 Å². The maximum absolute atomic E-state index is 10.8. The molecular weight excluding hydrogens is 352 g/mol. The molecule has 0 fully saturated rings. The number of rotatable bonds is 6. The molecule has 0 saturated heterocycles. The number of carboxylic acid groups (broad SMARTS) is 1. The molecule has 0 aliphatic heterocycles. The Bertz CT molecular complexity index is 901. The van der Waals surface area contributed by atoms with E-state index in [2.05, 4.69) is 10.3 Å². The number of hydrogen-bond donors (Lipinski definition) is 2. The van der Waals surface area contributed by atoms with E-state index in [1.165, 1.54) is 0 Å². The molecule has 1 heterocycles. The molecule has 0 aliphatic rings. The van der Waals surface area contributed by atoms with Gasteiger partial charge in [0.15, 0.2) is 0 Å². The molecule has 0 radical (unpaired) electrons. The average Bonchev–Trinajstić information content (AvgIpc) is 2.62. The summed E-state index contributed by atoms with van der Waals surface area (Å²) in [4.78, 5) is 15.1. The fourth-order valence-corrected chi connectivity index (χ4v) is 2.71. The number of ether oxygens (including phenoxy) is 1. The summed E-state index contributed by atoms with van der Waals surface area (Å²) in [7, 11) is 0. The number of pyridine rings is 1. The topological polar surface area (TPSA) is 71.5 Å². The van der Waals surface area contributed by atoms with Crippen molar-refractivity contribution in [1.82, 2.24) is 4.98 Å². The van der Waals surface area contributed by atoms with Crippen molar-refractivity contribution in [3.8, 4) is 5.75 Å². The second-order valence-electron chi connectivity index (χ2n) is 5.65. The molecular formula is C20H17ClN2O3. The van der Waals surface area contributed by atoms with Crippen LogP contribution in [-0.4, -0.2) is 16.2 Å². The number of amides is 1. The maximum Gasteiger partial charge on any atom is 0.410 e.